The SMILES string of the molecule is O=C1OC(=O)C2C3CC(C=C3c3ccccc3)C12. The molecule has 4 rings (SSSR count). The first-order valence-electron chi connectivity index (χ1n) is 6.28. The number of carbonyl (C=O) groups is 2. The largest absolute Gasteiger partial charge is 0.393 e. The molecule has 2 fully saturated rings. The van der Waals surface area contributed by atoms with Crippen molar-refractivity contribution in [1.29, 1.82) is 0 Å². The lowest BCUT2D eigenvalue weighted by atomic mass is 9.79. The van der Waals surface area contributed by atoms with E-state index in [1.54, 1.807) is 0 Å². The molecule has 1 saturated carbocycles. The Morgan fingerprint density at radius 1 is 1.00 bits per heavy atom. The fourth-order valence-corrected chi connectivity index (χ4v) is 3.76. The van der Waals surface area contributed by atoms with Crippen LogP contribution in [0.5, 0.6) is 0 Å². The maximum Gasteiger partial charge on any atom is 0.318 e. The molecule has 3 aliphatic rings. The molecular formula is C15H12O3. The zero-order chi connectivity index (χ0) is 12.3. The Kier molecular flexibility index (Phi) is 1.85. The third-order valence-electron chi connectivity index (χ3n) is 4.45. The average Bonchev–Trinajstić information content (AvgIpc) is 3.03. The van der Waals surface area contributed by atoms with Gasteiger partial charge >= 0.3 is 11.9 Å². The van der Waals surface area contributed by atoms with Crippen molar-refractivity contribution in [2.45, 2.75) is 6.42 Å². The molecule has 90 valence electrons. The van der Waals surface area contributed by atoms with E-state index in [0.717, 1.165) is 12.0 Å². The summed E-state index contributed by atoms with van der Waals surface area (Å²) in [5.41, 5.74) is 2.38. The van der Waals surface area contributed by atoms with Crippen molar-refractivity contribution in [3.63, 3.8) is 0 Å². The molecule has 1 heterocycles. The number of benzene rings is 1. The Balaban J connectivity index is 1.77. The highest BCUT2D eigenvalue weighted by Gasteiger charge is 2.60. The van der Waals surface area contributed by atoms with Gasteiger partial charge in [-0.05, 0) is 29.4 Å². The highest BCUT2D eigenvalue weighted by Crippen LogP contribution is 2.57. The fourth-order valence-electron chi connectivity index (χ4n) is 3.76. The summed E-state index contributed by atoms with van der Waals surface area (Å²) in [6, 6.07) is 10.1. The monoisotopic (exact) mass is 240 g/mol. The molecule has 2 aliphatic carbocycles. The van der Waals surface area contributed by atoms with Crippen molar-refractivity contribution in [1.82, 2.24) is 0 Å². The lowest BCUT2D eigenvalue weighted by Crippen LogP contribution is -2.23. The lowest BCUT2D eigenvalue weighted by Gasteiger charge is -2.20. The van der Waals surface area contributed by atoms with E-state index in [1.807, 2.05) is 18.2 Å². The van der Waals surface area contributed by atoms with Gasteiger partial charge in [-0.1, -0.05) is 36.4 Å². The normalized spacial score (nSPS) is 36.6. The smallest absolute Gasteiger partial charge is 0.318 e. The van der Waals surface area contributed by atoms with E-state index < -0.39 is 0 Å². The van der Waals surface area contributed by atoms with Crippen LogP contribution < -0.4 is 0 Å². The molecule has 2 bridgehead atoms. The molecule has 0 aromatic heterocycles. The molecule has 1 aliphatic heterocycles. The van der Waals surface area contributed by atoms with Gasteiger partial charge in [0.05, 0.1) is 11.8 Å². The molecule has 0 amide bonds. The summed E-state index contributed by atoms with van der Waals surface area (Å²) >= 11 is 0. The first kappa shape index (κ1) is 10.1. The van der Waals surface area contributed by atoms with E-state index >= 15 is 0 Å². The minimum Gasteiger partial charge on any atom is -0.393 e. The summed E-state index contributed by atoms with van der Waals surface area (Å²) in [7, 11) is 0. The number of rotatable bonds is 1. The highest BCUT2D eigenvalue weighted by atomic mass is 16.6. The standard InChI is InChI=1S/C15H12O3/c16-14-12-9-6-10(8-4-2-1-3-5-8)11(7-9)13(12)15(17)18-14/h1-6,9,11-13H,7H2. The first-order valence-corrected chi connectivity index (χ1v) is 6.28. The average molecular weight is 240 g/mol. The van der Waals surface area contributed by atoms with Crippen molar-refractivity contribution in [2.75, 3.05) is 0 Å². The quantitative estimate of drug-likeness (QED) is 0.557. The van der Waals surface area contributed by atoms with Crippen molar-refractivity contribution in [3.05, 3.63) is 42.0 Å². The Morgan fingerprint density at radius 3 is 2.50 bits per heavy atom. The summed E-state index contributed by atoms with van der Waals surface area (Å²) < 4.78 is 4.78. The van der Waals surface area contributed by atoms with E-state index in [-0.39, 0.29) is 35.6 Å². The highest BCUT2D eigenvalue weighted by molar-refractivity contribution is 6.00. The minimum absolute atomic E-state index is 0.168. The Hall–Kier alpha value is -1.90. The molecule has 1 aromatic rings. The van der Waals surface area contributed by atoms with Crippen LogP contribution in [0.2, 0.25) is 0 Å². The van der Waals surface area contributed by atoms with Gasteiger partial charge in [0.25, 0.3) is 0 Å². The van der Waals surface area contributed by atoms with Gasteiger partial charge in [0.15, 0.2) is 0 Å². The van der Waals surface area contributed by atoms with Gasteiger partial charge in [0.2, 0.25) is 0 Å². The molecule has 1 aromatic carbocycles. The second kappa shape index (κ2) is 3.31. The van der Waals surface area contributed by atoms with Gasteiger partial charge in [0, 0.05) is 0 Å². The molecule has 3 nitrogen and oxygen atoms in total. The number of allylic oxidation sites excluding steroid dienone is 2. The molecule has 3 heteroatoms. The zero-order valence-electron chi connectivity index (χ0n) is 9.71. The van der Waals surface area contributed by atoms with Crippen LogP contribution in [0.4, 0.5) is 0 Å². The Labute approximate surface area is 104 Å². The summed E-state index contributed by atoms with van der Waals surface area (Å²) in [6.45, 7) is 0. The maximum atomic E-state index is 11.8. The predicted octanol–water partition coefficient (Wildman–Crippen LogP) is 2.04. The fraction of sp³-hybridized carbons (Fsp3) is 0.333. The first-order chi connectivity index (χ1) is 8.75. The number of cyclic esters (lactones) is 2. The summed E-state index contributed by atoms with van der Waals surface area (Å²) in [6.07, 6.45) is 3.08. The number of ether oxygens (including phenoxy) is 1. The zero-order valence-corrected chi connectivity index (χ0v) is 9.71. The molecular weight excluding hydrogens is 228 g/mol. The van der Waals surface area contributed by atoms with Crippen LogP contribution in [0.15, 0.2) is 36.4 Å². The molecule has 0 spiro atoms. The number of fused-ring (bicyclic) bond motifs is 5. The van der Waals surface area contributed by atoms with Gasteiger partial charge < -0.3 is 4.74 Å². The van der Waals surface area contributed by atoms with Crippen LogP contribution in [0.3, 0.4) is 0 Å². The summed E-state index contributed by atoms with van der Waals surface area (Å²) in [5.74, 6) is -0.729. The molecule has 1 saturated heterocycles. The van der Waals surface area contributed by atoms with Crippen molar-refractivity contribution < 1.29 is 14.3 Å². The van der Waals surface area contributed by atoms with E-state index in [4.69, 9.17) is 4.74 Å². The van der Waals surface area contributed by atoms with Crippen LogP contribution >= 0.6 is 0 Å². The number of hydrogen-bond acceptors (Lipinski definition) is 3. The van der Waals surface area contributed by atoms with Crippen molar-refractivity contribution in [3.8, 4) is 0 Å². The van der Waals surface area contributed by atoms with E-state index in [1.165, 1.54) is 5.57 Å². The van der Waals surface area contributed by atoms with Gasteiger partial charge in [-0.25, -0.2) is 0 Å². The predicted molar refractivity (Wildman–Crippen MR) is 64.1 cm³/mol. The van der Waals surface area contributed by atoms with Crippen LogP contribution in [0.1, 0.15) is 12.0 Å². The lowest BCUT2D eigenvalue weighted by molar-refractivity contribution is -0.154. The molecule has 18 heavy (non-hydrogen) atoms. The second-order valence-corrected chi connectivity index (χ2v) is 5.29. The third-order valence-corrected chi connectivity index (χ3v) is 4.45. The maximum absolute atomic E-state index is 11.8. The van der Waals surface area contributed by atoms with E-state index in [9.17, 15) is 9.59 Å². The van der Waals surface area contributed by atoms with E-state index in [2.05, 4.69) is 18.2 Å². The van der Waals surface area contributed by atoms with Gasteiger partial charge in [-0.15, -0.1) is 0 Å². The number of carbonyl (C=O) groups excluding carboxylic acids is 2. The molecule has 0 radical (unpaired) electrons. The third kappa shape index (κ3) is 1.14. The number of hydrogen-bond donors (Lipinski definition) is 0. The van der Waals surface area contributed by atoms with Crippen LogP contribution in [-0.4, -0.2) is 11.9 Å². The van der Waals surface area contributed by atoms with Crippen LogP contribution in [0.25, 0.3) is 5.57 Å². The van der Waals surface area contributed by atoms with Crippen LogP contribution in [-0.2, 0) is 14.3 Å². The van der Waals surface area contributed by atoms with Gasteiger partial charge in [-0.3, -0.25) is 9.59 Å². The van der Waals surface area contributed by atoms with E-state index in [0.29, 0.717) is 0 Å². The van der Waals surface area contributed by atoms with Gasteiger partial charge in [0.1, 0.15) is 0 Å². The minimum atomic E-state index is -0.320. The van der Waals surface area contributed by atoms with Gasteiger partial charge in [-0.2, -0.15) is 0 Å². The number of esters is 2. The Morgan fingerprint density at radius 2 is 1.72 bits per heavy atom. The summed E-state index contributed by atoms with van der Waals surface area (Å²) in [4.78, 5) is 23.4. The van der Waals surface area contributed by atoms with Crippen LogP contribution in [0, 0.1) is 23.7 Å². The summed E-state index contributed by atoms with van der Waals surface area (Å²) in [5, 5.41) is 0. The molecule has 0 N–H and O–H groups in total. The topological polar surface area (TPSA) is 43.4 Å². The Bertz CT molecular complexity index is 573. The van der Waals surface area contributed by atoms with Crippen molar-refractivity contribution >= 4 is 17.5 Å². The second-order valence-electron chi connectivity index (χ2n) is 5.29. The molecule has 4 atom stereocenters. The molecule has 4 unspecified atom stereocenters. The van der Waals surface area contributed by atoms with Crippen molar-refractivity contribution in [2.24, 2.45) is 23.7 Å².